The van der Waals surface area contributed by atoms with Crippen LogP contribution in [0.25, 0.3) is 0 Å². The molecule has 0 aromatic heterocycles. The van der Waals surface area contributed by atoms with E-state index >= 15 is 0 Å². The van der Waals surface area contributed by atoms with Gasteiger partial charge in [-0.05, 0) is 17.7 Å². The molecule has 0 aliphatic carbocycles. The van der Waals surface area contributed by atoms with Gasteiger partial charge in [-0.1, -0.05) is 19.9 Å². The second-order valence-corrected chi connectivity index (χ2v) is 8.52. The lowest BCUT2D eigenvalue weighted by Gasteiger charge is -2.16. The van der Waals surface area contributed by atoms with Crippen LogP contribution in [-0.4, -0.2) is 35.4 Å². The maximum atomic E-state index is 11.8. The molecule has 1 atom stereocenters. The number of aromatic hydroxyl groups is 1. The predicted octanol–water partition coefficient (Wildman–Crippen LogP) is 0.230. The first-order valence-corrected chi connectivity index (χ1v) is 9.05. The van der Waals surface area contributed by atoms with Crippen LogP contribution in [0, 0.1) is 0 Å². The van der Waals surface area contributed by atoms with E-state index in [1.165, 1.54) is 12.1 Å². The van der Waals surface area contributed by atoms with Crippen molar-refractivity contribution in [2.45, 2.75) is 24.9 Å². The molecule has 1 aromatic rings. The van der Waals surface area contributed by atoms with Crippen molar-refractivity contribution in [1.82, 2.24) is 4.72 Å². The van der Waals surface area contributed by atoms with Gasteiger partial charge in [-0.25, -0.2) is 9.03 Å². The summed E-state index contributed by atoms with van der Waals surface area (Å²) in [5, 5.41) is 9.97. The third-order valence-corrected chi connectivity index (χ3v) is 6.02. The van der Waals surface area contributed by atoms with Crippen LogP contribution in [0.2, 0.25) is 0 Å². The van der Waals surface area contributed by atoms with Crippen LogP contribution in [0.5, 0.6) is 5.75 Å². The molecule has 1 saturated heterocycles. The summed E-state index contributed by atoms with van der Waals surface area (Å²) in [5.74, 6) is -0.650. The Hall–Kier alpha value is -1.61. The number of nitrogens with zero attached hydrogens (tertiary/aromatic N) is 1. The fourth-order valence-corrected chi connectivity index (χ4v) is 3.87. The maximum Gasteiger partial charge on any atom is 0.326 e. The molecular weight excluding hydrogens is 316 g/mol. The SMILES string of the molecule is CC(C)S(=O)Cc1ccc(N2CC(=O)NS2(=O)=O)c(O)c1. The predicted molar refractivity (Wildman–Crippen MR) is 79.5 cm³/mol. The van der Waals surface area contributed by atoms with Crippen molar-refractivity contribution < 1.29 is 22.5 Å². The molecule has 1 aliphatic heterocycles. The van der Waals surface area contributed by atoms with Gasteiger partial charge < -0.3 is 5.11 Å². The molecular formula is C12H16N2O5S2. The fraction of sp³-hybridized carbons (Fsp3) is 0.417. The Balaban J connectivity index is 2.28. The second kappa shape index (κ2) is 5.64. The van der Waals surface area contributed by atoms with Crippen molar-refractivity contribution in [3.63, 3.8) is 0 Å². The van der Waals surface area contributed by atoms with Crippen molar-refractivity contribution in [2.24, 2.45) is 0 Å². The molecule has 1 unspecified atom stereocenters. The average molecular weight is 332 g/mol. The number of hydrogen-bond acceptors (Lipinski definition) is 5. The van der Waals surface area contributed by atoms with E-state index in [4.69, 9.17) is 0 Å². The summed E-state index contributed by atoms with van der Waals surface area (Å²) in [4.78, 5) is 11.2. The minimum absolute atomic E-state index is 0.00685. The molecule has 2 N–H and O–H groups in total. The molecule has 1 fully saturated rings. The smallest absolute Gasteiger partial charge is 0.326 e. The number of phenolic OH excluding ortho intramolecular Hbond substituents is 1. The van der Waals surface area contributed by atoms with Crippen LogP contribution >= 0.6 is 0 Å². The zero-order valence-corrected chi connectivity index (χ0v) is 13.2. The first-order valence-electron chi connectivity index (χ1n) is 6.23. The Morgan fingerprint density at radius 2 is 2.10 bits per heavy atom. The number of amides is 1. The Morgan fingerprint density at radius 1 is 1.43 bits per heavy atom. The summed E-state index contributed by atoms with van der Waals surface area (Å²) in [6.45, 7) is 3.30. The molecule has 116 valence electrons. The Morgan fingerprint density at radius 3 is 2.57 bits per heavy atom. The molecule has 0 saturated carbocycles. The molecule has 1 aromatic carbocycles. The van der Waals surface area contributed by atoms with Crippen molar-refractivity contribution in [3.8, 4) is 5.75 Å². The van der Waals surface area contributed by atoms with Gasteiger partial charge in [-0.3, -0.25) is 9.00 Å². The van der Waals surface area contributed by atoms with E-state index < -0.39 is 26.9 Å². The topological polar surface area (TPSA) is 104 Å². The number of hydrogen-bond donors (Lipinski definition) is 2. The van der Waals surface area contributed by atoms with Crippen LogP contribution in [0.15, 0.2) is 18.2 Å². The van der Waals surface area contributed by atoms with Crippen LogP contribution in [0.1, 0.15) is 19.4 Å². The molecule has 1 heterocycles. The number of rotatable bonds is 4. The molecule has 2 rings (SSSR count). The molecule has 0 bridgehead atoms. The maximum absolute atomic E-state index is 11.8. The van der Waals surface area contributed by atoms with Gasteiger partial charge in [0.15, 0.2) is 0 Å². The highest BCUT2D eigenvalue weighted by Crippen LogP contribution is 2.31. The van der Waals surface area contributed by atoms with Crippen LogP contribution in [0.4, 0.5) is 5.69 Å². The van der Waals surface area contributed by atoms with Crippen molar-refractivity contribution in [3.05, 3.63) is 23.8 Å². The summed E-state index contributed by atoms with van der Waals surface area (Å²) in [5.41, 5.74) is 0.659. The Labute approximate surface area is 125 Å². The van der Waals surface area contributed by atoms with E-state index in [9.17, 15) is 22.5 Å². The summed E-state index contributed by atoms with van der Waals surface area (Å²) in [6, 6.07) is 4.36. The van der Waals surface area contributed by atoms with Crippen molar-refractivity contribution in [2.75, 3.05) is 10.8 Å². The van der Waals surface area contributed by atoms with Crippen molar-refractivity contribution in [1.29, 1.82) is 0 Å². The zero-order chi connectivity index (χ0) is 15.8. The zero-order valence-electron chi connectivity index (χ0n) is 11.6. The molecule has 0 spiro atoms. The van der Waals surface area contributed by atoms with E-state index in [1.54, 1.807) is 6.07 Å². The molecule has 7 nitrogen and oxygen atoms in total. The third-order valence-electron chi connectivity index (χ3n) is 2.96. The number of anilines is 1. The van der Waals surface area contributed by atoms with Crippen LogP contribution in [-0.2, 0) is 31.6 Å². The lowest BCUT2D eigenvalue weighted by molar-refractivity contribution is -0.117. The van der Waals surface area contributed by atoms with E-state index in [0.717, 1.165) is 4.31 Å². The second-order valence-electron chi connectivity index (χ2n) is 4.93. The summed E-state index contributed by atoms with van der Waals surface area (Å²) in [6.07, 6.45) is 0. The summed E-state index contributed by atoms with van der Waals surface area (Å²) in [7, 11) is -5.02. The largest absolute Gasteiger partial charge is 0.506 e. The normalized spacial score (nSPS) is 18.8. The first-order chi connectivity index (χ1) is 9.70. The van der Waals surface area contributed by atoms with Gasteiger partial charge in [0.2, 0.25) is 0 Å². The van der Waals surface area contributed by atoms with Gasteiger partial charge in [0.1, 0.15) is 12.3 Å². The van der Waals surface area contributed by atoms with Gasteiger partial charge in [0.05, 0.1) is 5.69 Å². The third kappa shape index (κ3) is 3.35. The van der Waals surface area contributed by atoms with Gasteiger partial charge in [0, 0.05) is 21.8 Å². The summed E-state index contributed by atoms with van der Waals surface area (Å²) < 4.78 is 37.8. The van der Waals surface area contributed by atoms with Gasteiger partial charge in [0.25, 0.3) is 5.91 Å². The van der Waals surface area contributed by atoms with E-state index in [-0.39, 0.29) is 29.0 Å². The lowest BCUT2D eigenvalue weighted by Crippen LogP contribution is -2.29. The average Bonchev–Trinajstić information content (AvgIpc) is 2.62. The highest BCUT2D eigenvalue weighted by molar-refractivity contribution is 7.92. The van der Waals surface area contributed by atoms with Gasteiger partial charge in [-0.15, -0.1) is 0 Å². The Bertz CT molecular complexity index is 700. The highest BCUT2D eigenvalue weighted by Gasteiger charge is 2.35. The number of phenols is 1. The molecule has 9 heteroatoms. The molecule has 1 amide bonds. The van der Waals surface area contributed by atoms with Crippen LogP contribution < -0.4 is 9.03 Å². The summed E-state index contributed by atoms with van der Waals surface area (Å²) >= 11 is 0. The molecule has 1 aliphatic rings. The fourth-order valence-electron chi connectivity index (χ4n) is 1.86. The van der Waals surface area contributed by atoms with E-state index in [0.29, 0.717) is 5.56 Å². The number of nitrogens with one attached hydrogen (secondary N) is 1. The van der Waals surface area contributed by atoms with Crippen molar-refractivity contribution >= 4 is 32.6 Å². The molecule has 0 radical (unpaired) electrons. The standard InChI is InChI=1S/C12H16N2O5S2/c1-8(2)20(17)7-9-3-4-10(11(15)5-9)14-6-12(16)13-21(14,18)19/h3-5,8,15H,6-7H2,1-2H3,(H,13,16). The quantitative estimate of drug-likeness (QED) is 0.821. The van der Waals surface area contributed by atoms with E-state index in [1.807, 2.05) is 18.6 Å². The number of carbonyl (C=O) groups excluding carboxylic acids is 1. The number of benzene rings is 1. The number of carbonyl (C=O) groups is 1. The first kappa shape index (κ1) is 15.8. The molecule has 21 heavy (non-hydrogen) atoms. The van der Waals surface area contributed by atoms with E-state index in [2.05, 4.69) is 0 Å². The highest BCUT2D eigenvalue weighted by atomic mass is 32.2. The van der Waals surface area contributed by atoms with Crippen LogP contribution in [0.3, 0.4) is 0 Å². The monoisotopic (exact) mass is 332 g/mol. The van der Waals surface area contributed by atoms with Gasteiger partial charge >= 0.3 is 10.2 Å². The minimum atomic E-state index is -3.95. The Kier molecular flexibility index (Phi) is 4.24. The minimum Gasteiger partial charge on any atom is -0.506 e. The van der Waals surface area contributed by atoms with Gasteiger partial charge in [-0.2, -0.15) is 8.42 Å². The lowest BCUT2D eigenvalue weighted by atomic mass is 10.2.